The molecule has 0 heterocycles. The van der Waals surface area contributed by atoms with Gasteiger partial charge in [-0.05, 0) is 36.1 Å². The molecule has 0 aliphatic rings. The molecule has 122 valence electrons. The van der Waals surface area contributed by atoms with Crippen molar-refractivity contribution in [1.29, 1.82) is 0 Å². The normalized spacial score (nSPS) is 12.4. The topological polar surface area (TPSA) is 87.7 Å². The highest BCUT2D eigenvalue weighted by atomic mass is 16.5. The van der Waals surface area contributed by atoms with Crippen molar-refractivity contribution in [3.8, 4) is 5.75 Å². The summed E-state index contributed by atoms with van der Waals surface area (Å²) in [5, 5.41) is 14.8. The molecule has 0 saturated heterocycles. The van der Waals surface area contributed by atoms with Crippen LogP contribution in [0.2, 0.25) is 0 Å². The van der Waals surface area contributed by atoms with Gasteiger partial charge in [-0.3, -0.25) is 9.59 Å². The van der Waals surface area contributed by atoms with Crippen molar-refractivity contribution < 1.29 is 19.4 Å². The summed E-state index contributed by atoms with van der Waals surface area (Å²) in [6, 6.07) is 6.67. The van der Waals surface area contributed by atoms with E-state index >= 15 is 0 Å². The maximum atomic E-state index is 11.7. The molecular weight excluding hydrogens is 284 g/mol. The molecule has 0 aliphatic carbocycles. The van der Waals surface area contributed by atoms with Gasteiger partial charge in [0, 0.05) is 12.2 Å². The van der Waals surface area contributed by atoms with Crippen LogP contribution in [0.1, 0.15) is 27.2 Å². The summed E-state index contributed by atoms with van der Waals surface area (Å²) in [4.78, 5) is 23.4. The van der Waals surface area contributed by atoms with Gasteiger partial charge in [0.2, 0.25) is 0 Å². The zero-order valence-corrected chi connectivity index (χ0v) is 13.5. The van der Waals surface area contributed by atoms with Gasteiger partial charge in [0.05, 0.1) is 13.2 Å². The van der Waals surface area contributed by atoms with E-state index in [1.807, 2.05) is 20.8 Å². The van der Waals surface area contributed by atoms with Crippen LogP contribution >= 0.6 is 0 Å². The van der Waals surface area contributed by atoms with Gasteiger partial charge in [-0.2, -0.15) is 0 Å². The largest absolute Gasteiger partial charge is 0.497 e. The second kappa shape index (κ2) is 7.79. The number of hydrogen-bond donors (Lipinski definition) is 3. The number of ether oxygens (including phenoxy) is 1. The smallest absolute Gasteiger partial charge is 0.313 e. The van der Waals surface area contributed by atoms with E-state index in [0.29, 0.717) is 17.9 Å². The fourth-order valence-electron chi connectivity index (χ4n) is 1.70. The lowest BCUT2D eigenvalue weighted by atomic mass is 9.87. The first-order valence-electron chi connectivity index (χ1n) is 7.15. The van der Waals surface area contributed by atoms with E-state index in [9.17, 15) is 14.7 Å². The van der Waals surface area contributed by atoms with Crippen molar-refractivity contribution in [3.63, 3.8) is 0 Å². The molecule has 3 N–H and O–H groups in total. The number of rotatable bonds is 5. The van der Waals surface area contributed by atoms with E-state index < -0.39 is 17.9 Å². The number of nitrogens with one attached hydrogen (secondary N) is 2. The quantitative estimate of drug-likeness (QED) is 0.720. The zero-order chi connectivity index (χ0) is 16.8. The molecule has 6 heteroatoms. The van der Waals surface area contributed by atoms with Crippen molar-refractivity contribution in [3.05, 3.63) is 24.3 Å². The molecule has 1 aromatic carbocycles. The van der Waals surface area contributed by atoms with E-state index in [0.717, 1.165) is 0 Å². The first-order chi connectivity index (χ1) is 10.2. The Morgan fingerprint density at radius 3 is 2.27 bits per heavy atom. The SMILES string of the molecule is COc1ccc(NC(=O)C(=O)NCCC(O)C(C)(C)C)cc1. The summed E-state index contributed by atoms with van der Waals surface area (Å²) in [5.41, 5.74) is 0.256. The van der Waals surface area contributed by atoms with Gasteiger partial charge >= 0.3 is 11.8 Å². The number of aliphatic hydroxyl groups is 1. The number of benzene rings is 1. The molecule has 1 aromatic rings. The van der Waals surface area contributed by atoms with Crippen LogP contribution in [0.25, 0.3) is 0 Å². The molecule has 2 amide bonds. The van der Waals surface area contributed by atoms with Crippen LogP contribution < -0.4 is 15.4 Å². The number of carbonyl (C=O) groups excluding carboxylic acids is 2. The Balaban J connectivity index is 2.40. The number of hydrogen-bond acceptors (Lipinski definition) is 4. The number of anilines is 1. The minimum atomic E-state index is -0.740. The monoisotopic (exact) mass is 308 g/mol. The molecule has 0 spiro atoms. The van der Waals surface area contributed by atoms with Crippen LogP contribution in [0, 0.1) is 5.41 Å². The third kappa shape index (κ3) is 5.73. The molecule has 0 radical (unpaired) electrons. The molecule has 0 aliphatic heterocycles. The van der Waals surface area contributed by atoms with Crippen molar-refractivity contribution in [1.82, 2.24) is 5.32 Å². The lowest BCUT2D eigenvalue weighted by Gasteiger charge is -2.25. The standard InChI is InChI=1S/C16H24N2O4/c1-16(2,3)13(19)9-10-17-14(20)15(21)18-11-5-7-12(22-4)8-6-11/h5-8,13,19H,9-10H2,1-4H3,(H,17,20)(H,18,21). The highest BCUT2D eigenvalue weighted by molar-refractivity contribution is 6.39. The summed E-state index contributed by atoms with van der Waals surface area (Å²) in [5.74, 6) is -0.800. The van der Waals surface area contributed by atoms with Crippen LogP contribution in [-0.4, -0.2) is 36.7 Å². The van der Waals surface area contributed by atoms with E-state index in [-0.39, 0.29) is 12.0 Å². The number of methoxy groups -OCH3 is 1. The predicted molar refractivity (Wildman–Crippen MR) is 84.7 cm³/mol. The molecule has 1 rings (SSSR count). The average Bonchev–Trinajstić information content (AvgIpc) is 2.46. The van der Waals surface area contributed by atoms with Crippen LogP contribution in [0.4, 0.5) is 5.69 Å². The van der Waals surface area contributed by atoms with Gasteiger partial charge in [-0.15, -0.1) is 0 Å². The average molecular weight is 308 g/mol. The van der Waals surface area contributed by atoms with Gasteiger partial charge in [0.25, 0.3) is 0 Å². The van der Waals surface area contributed by atoms with Gasteiger partial charge in [-0.25, -0.2) is 0 Å². The van der Waals surface area contributed by atoms with Crippen LogP contribution in [0.15, 0.2) is 24.3 Å². The van der Waals surface area contributed by atoms with Gasteiger partial charge in [0.1, 0.15) is 5.75 Å². The lowest BCUT2D eigenvalue weighted by Crippen LogP contribution is -2.38. The van der Waals surface area contributed by atoms with Crippen LogP contribution in [0.5, 0.6) is 5.75 Å². The maximum absolute atomic E-state index is 11.7. The first-order valence-corrected chi connectivity index (χ1v) is 7.15. The van der Waals surface area contributed by atoms with E-state index in [1.165, 1.54) is 0 Å². The summed E-state index contributed by atoms with van der Waals surface area (Å²) in [7, 11) is 1.55. The highest BCUT2D eigenvalue weighted by Gasteiger charge is 2.22. The number of aliphatic hydroxyl groups excluding tert-OH is 1. The van der Waals surface area contributed by atoms with E-state index in [4.69, 9.17) is 4.74 Å². The van der Waals surface area contributed by atoms with Gasteiger partial charge in [0.15, 0.2) is 0 Å². The second-order valence-electron chi connectivity index (χ2n) is 6.11. The highest BCUT2D eigenvalue weighted by Crippen LogP contribution is 2.20. The molecule has 0 saturated carbocycles. The summed E-state index contributed by atoms with van der Waals surface area (Å²) < 4.78 is 5.01. The molecule has 1 unspecified atom stereocenters. The molecule has 0 aromatic heterocycles. The Labute approximate surface area is 130 Å². The van der Waals surface area contributed by atoms with Crippen molar-refractivity contribution in [2.24, 2.45) is 5.41 Å². The molecule has 1 atom stereocenters. The zero-order valence-electron chi connectivity index (χ0n) is 13.5. The summed E-state index contributed by atoms with van der Waals surface area (Å²) in [6.07, 6.45) is -0.150. The Morgan fingerprint density at radius 2 is 1.77 bits per heavy atom. The maximum Gasteiger partial charge on any atom is 0.313 e. The number of amides is 2. The number of carbonyl (C=O) groups is 2. The Kier molecular flexibility index (Phi) is 6.37. The molecular formula is C16H24N2O4. The Hall–Kier alpha value is -2.08. The fourth-order valence-corrected chi connectivity index (χ4v) is 1.70. The van der Waals surface area contributed by atoms with Gasteiger partial charge < -0.3 is 20.5 Å². The predicted octanol–water partition coefficient (Wildman–Crippen LogP) is 1.55. The van der Waals surface area contributed by atoms with E-state index in [2.05, 4.69) is 10.6 Å². The van der Waals surface area contributed by atoms with Gasteiger partial charge in [-0.1, -0.05) is 20.8 Å². The third-order valence-corrected chi connectivity index (χ3v) is 3.26. The Morgan fingerprint density at radius 1 is 1.18 bits per heavy atom. The first kappa shape index (κ1) is 18.0. The van der Waals surface area contributed by atoms with Crippen molar-refractivity contribution in [2.75, 3.05) is 19.0 Å². The summed E-state index contributed by atoms with van der Waals surface area (Å²) in [6.45, 7) is 5.98. The molecule has 0 fully saturated rings. The second-order valence-corrected chi connectivity index (χ2v) is 6.11. The Bertz CT molecular complexity index is 506. The van der Waals surface area contributed by atoms with Crippen LogP contribution in [-0.2, 0) is 9.59 Å². The van der Waals surface area contributed by atoms with Crippen molar-refractivity contribution in [2.45, 2.75) is 33.3 Å². The summed E-state index contributed by atoms with van der Waals surface area (Å²) >= 11 is 0. The fraction of sp³-hybridized carbons (Fsp3) is 0.500. The molecule has 0 bridgehead atoms. The van der Waals surface area contributed by atoms with E-state index in [1.54, 1.807) is 31.4 Å². The lowest BCUT2D eigenvalue weighted by molar-refractivity contribution is -0.136. The third-order valence-electron chi connectivity index (χ3n) is 3.26. The minimum absolute atomic E-state index is 0.243. The molecule has 22 heavy (non-hydrogen) atoms. The van der Waals surface area contributed by atoms with Crippen LogP contribution in [0.3, 0.4) is 0 Å². The molecule has 6 nitrogen and oxygen atoms in total. The van der Waals surface area contributed by atoms with Crippen molar-refractivity contribution >= 4 is 17.5 Å². The minimum Gasteiger partial charge on any atom is -0.497 e.